The van der Waals surface area contributed by atoms with Gasteiger partial charge in [0.05, 0.1) is 16.3 Å². The van der Waals surface area contributed by atoms with Gasteiger partial charge < -0.3 is 4.90 Å². The SMILES string of the molecule is Cc1cc(Cl)ccc1NS(=O)(=O)c1ccc2c(c1)N(C(=O)C1CC1)C[C@@H](C)S2. The van der Waals surface area contributed by atoms with Gasteiger partial charge in [0.25, 0.3) is 10.0 Å². The van der Waals surface area contributed by atoms with E-state index in [1.807, 2.05) is 0 Å². The van der Waals surface area contributed by atoms with Gasteiger partial charge in [-0.2, -0.15) is 0 Å². The normalized spacial score (nSPS) is 19.2. The van der Waals surface area contributed by atoms with E-state index in [0.29, 0.717) is 22.9 Å². The fraction of sp³-hybridized carbons (Fsp3) is 0.350. The minimum atomic E-state index is -3.79. The summed E-state index contributed by atoms with van der Waals surface area (Å²) in [6.07, 6.45) is 1.84. The molecule has 4 rings (SSSR count). The van der Waals surface area contributed by atoms with Gasteiger partial charge in [0.1, 0.15) is 0 Å². The first-order chi connectivity index (χ1) is 13.2. The van der Waals surface area contributed by atoms with Crippen LogP contribution in [0.25, 0.3) is 0 Å². The molecule has 2 aromatic rings. The minimum absolute atomic E-state index is 0.0817. The molecule has 5 nitrogen and oxygen atoms in total. The number of rotatable bonds is 4. The molecule has 1 N–H and O–H groups in total. The van der Waals surface area contributed by atoms with E-state index in [0.717, 1.165) is 23.3 Å². The highest BCUT2D eigenvalue weighted by molar-refractivity contribution is 8.00. The Kier molecular flexibility index (Phi) is 5.10. The highest BCUT2D eigenvalue weighted by Gasteiger charge is 2.37. The summed E-state index contributed by atoms with van der Waals surface area (Å²) in [4.78, 5) is 15.6. The van der Waals surface area contributed by atoms with Crippen LogP contribution in [0.1, 0.15) is 25.3 Å². The van der Waals surface area contributed by atoms with Gasteiger partial charge in [-0.3, -0.25) is 9.52 Å². The number of benzene rings is 2. The molecule has 1 atom stereocenters. The van der Waals surface area contributed by atoms with Crippen LogP contribution in [-0.2, 0) is 14.8 Å². The van der Waals surface area contributed by atoms with Gasteiger partial charge in [-0.1, -0.05) is 18.5 Å². The van der Waals surface area contributed by atoms with Gasteiger partial charge in [0.2, 0.25) is 5.91 Å². The lowest BCUT2D eigenvalue weighted by atomic mass is 10.2. The van der Waals surface area contributed by atoms with Gasteiger partial charge in [0, 0.05) is 27.6 Å². The molecule has 0 saturated heterocycles. The molecule has 148 valence electrons. The van der Waals surface area contributed by atoms with Crippen LogP contribution in [0.15, 0.2) is 46.2 Å². The molecule has 1 amide bonds. The van der Waals surface area contributed by atoms with Crippen LogP contribution in [-0.4, -0.2) is 26.1 Å². The average molecular weight is 437 g/mol. The van der Waals surface area contributed by atoms with Gasteiger partial charge in [0.15, 0.2) is 0 Å². The summed E-state index contributed by atoms with van der Waals surface area (Å²) in [6.45, 7) is 4.47. The van der Waals surface area contributed by atoms with Crippen molar-refractivity contribution in [3.05, 3.63) is 47.0 Å². The fourth-order valence-electron chi connectivity index (χ4n) is 3.29. The van der Waals surface area contributed by atoms with Gasteiger partial charge >= 0.3 is 0 Å². The number of hydrogen-bond donors (Lipinski definition) is 1. The summed E-state index contributed by atoms with van der Waals surface area (Å²) in [6, 6.07) is 10.0. The van der Waals surface area contributed by atoms with Gasteiger partial charge in [-0.05, 0) is 61.7 Å². The maximum Gasteiger partial charge on any atom is 0.261 e. The van der Waals surface area contributed by atoms with Crippen LogP contribution in [0.3, 0.4) is 0 Å². The predicted octanol–water partition coefficient (Wildman–Crippen LogP) is 4.69. The van der Waals surface area contributed by atoms with Gasteiger partial charge in [-0.15, -0.1) is 11.8 Å². The van der Waals surface area contributed by atoms with Crippen molar-refractivity contribution in [2.75, 3.05) is 16.2 Å². The predicted molar refractivity (Wildman–Crippen MR) is 114 cm³/mol. The zero-order valence-electron chi connectivity index (χ0n) is 15.6. The van der Waals surface area contributed by atoms with E-state index in [1.165, 1.54) is 0 Å². The minimum Gasteiger partial charge on any atom is -0.310 e. The van der Waals surface area contributed by atoms with Crippen LogP contribution in [0.2, 0.25) is 5.02 Å². The van der Waals surface area contributed by atoms with Crippen molar-refractivity contribution in [1.82, 2.24) is 0 Å². The third-order valence-electron chi connectivity index (χ3n) is 4.92. The molecule has 1 saturated carbocycles. The molecule has 2 aliphatic rings. The van der Waals surface area contributed by atoms with E-state index in [2.05, 4.69) is 11.6 Å². The number of carbonyl (C=O) groups is 1. The molecule has 0 aromatic heterocycles. The van der Waals surface area contributed by atoms with E-state index in [-0.39, 0.29) is 22.0 Å². The Hall–Kier alpha value is -1.70. The lowest BCUT2D eigenvalue weighted by Crippen LogP contribution is -2.39. The highest BCUT2D eigenvalue weighted by atomic mass is 35.5. The maximum absolute atomic E-state index is 13.0. The first-order valence-corrected chi connectivity index (χ1v) is 11.9. The molecular formula is C20H21ClN2O3S2. The zero-order valence-corrected chi connectivity index (χ0v) is 18.0. The van der Waals surface area contributed by atoms with Crippen LogP contribution < -0.4 is 9.62 Å². The quantitative estimate of drug-likeness (QED) is 0.755. The van der Waals surface area contributed by atoms with Crippen molar-refractivity contribution < 1.29 is 13.2 Å². The third kappa shape index (κ3) is 3.88. The number of halogens is 1. The van der Waals surface area contributed by atoms with Crippen LogP contribution >= 0.6 is 23.4 Å². The Bertz CT molecular complexity index is 1050. The summed E-state index contributed by atoms with van der Waals surface area (Å²) in [5.41, 5.74) is 1.91. The number of carbonyl (C=O) groups excluding carboxylic acids is 1. The monoisotopic (exact) mass is 436 g/mol. The molecule has 1 heterocycles. The number of sulfonamides is 1. The number of fused-ring (bicyclic) bond motifs is 1. The number of nitrogens with zero attached hydrogens (tertiary/aromatic N) is 1. The summed E-state index contributed by atoms with van der Waals surface area (Å²) in [5, 5.41) is 0.821. The Balaban J connectivity index is 1.68. The summed E-state index contributed by atoms with van der Waals surface area (Å²) in [7, 11) is -3.79. The lowest BCUT2D eigenvalue weighted by molar-refractivity contribution is -0.119. The molecule has 1 fully saturated rings. The molecule has 1 aliphatic carbocycles. The molecule has 0 bridgehead atoms. The van der Waals surface area contributed by atoms with E-state index in [4.69, 9.17) is 11.6 Å². The molecule has 1 aliphatic heterocycles. The Labute approximate surface area is 174 Å². The number of amides is 1. The number of aryl methyl sites for hydroxylation is 1. The van der Waals surface area contributed by atoms with Crippen LogP contribution in [0, 0.1) is 12.8 Å². The van der Waals surface area contributed by atoms with Crippen molar-refractivity contribution in [1.29, 1.82) is 0 Å². The Morgan fingerprint density at radius 3 is 2.64 bits per heavy atom. The van der Waals surface area contributed by atoms with E-state index >= 15 is 0 Å². The molecular weight excluding hydrogens is 416 g/mol. The van der Waals surface area contributed by atoms with E-state index in [9.17, 15) is 13.2 Å². The summed E-state index contributed by atoms with van der Waals surface area (Å²) >= 11 is 7.62. The number of thioether (sulfide) groups is 1. The summed E-state index contributed by atoms with van der Waals surface area (Å²) in [5.74, 6) is 0.183. The lowest BCUT2D eigenvalue weighted by Gasteiger charge is -2.33. The molecule has 8 heteroatoms. The highest BCUT2D eigenvalue weighted by Crippen LogP contribution is 2.42. The number of anilines is 2. The Morgan fingerprint density at radius 2 is 1.96 bits per heavy atom. The van der Waals surface area contributed by atoms with Crippen molar-refractivity contribution in [2.45, 2.75) is 41.7 Å². The van der Waals surface area contributed by atoms with Crippen molar-refractivity contribution in [3.63, 3.8) is 0 Å². The topological polar surface area (TPSA) is 66.5 Å². The molecule has 2 aromatic carbocycles. The van der Waals surface area contributed by atoms with E-state index < -0.39 is 10.0 Å². The molecule has 0 unspecified atom stereocenters. The van der Waals surface area contributed by atoms with Crippen LogP contribution in [0.5, 0.6) is 0 Å². The average Bonchev–Trinajstić information content (AvgIpc) is 3.47. The molecule has 28 heavy (non-hydrogen) atoms. The smallest absolute Gasteiger partial charge is 0.261 e. The maximum atomic E-state index is 13.0. The zero-order chi connectivity index (χ0) is 20.1. The Morgan fingerprint density at radius 1 is 1.21 bits per heavy atom. The van der Waals surface area contributed by atoms with Crippen molar-refractivity contribution in [3.8, 4) is 0 Å². The van der Waals surface area contributed by atoms with Crippen molar-refractivity contribution >= 4 is 50.7 Å². The fourth-order valence-corrected chi connectivity index (χ4v) is 5.76. The third-order valence-corrected chi connectivity index (χ3v) is 7.67. The standard InChI is InChI=1S/C20H21ClN2O3S2/c1-12-9-15(21)5-7-17(12)22-28(25,26)16-6-8-19-18(10-16)23(11-13(2)27-19)20(24)14-3-4-14/h5-10,13-14,22H,3-4,11H2,1-2H3/t13-/m1/s1. The van der Waals surface area contributed by atoms with Crippen LogP contribution in [0.4, 0.5) is 11.4 Å². The number of hydrogen-bond acceptors (Lipinski definition) is 4. The second kappa shape index (κ2) is 7.28. The van der Waals surface area contributed by atoms with Crippen molar-refractivity contribution in [2.24, 2.45) is 5.92 Å². The second-order valence-corrected chi connectivity index (χ2v) is 10.9. The second-order valence-electron chi connectivity index (χ2n) is 7.35. The first kappa shape index (κ1) is 19.6. The first-order valence-electron chi connectivity index (χ1n) is 9.15. The van der Waals surface area contributed by atoms with E-state index in [1.54, 1.807) is 60.0 Å². The molecule has 0 radical (unpaired) electrons. The summed E-state index contributed by atoms with van der Waals surface area (Å²) < 4.78 is 28.5. The molecule has 0 spiro atoms. The largest absolute Gasteiger partial charge is 0.310 e. The van der Waals surface area contributed by atoms with Gasteiger partial charge in [-0.25, -0.2) is 8.42 Å². The number of nitrogens with one attached hydrogen (secondary N) is 1.